The van der Waals surface area contributed by atoms with Gasteiger partial charge in [0.2, 0.25) is 5.91 Å². The van der Waals surface area contributed by atoms with Crippen molar-refractivity contribution >= 4 is 40.3 Å². The van der Waals surface area contributed by atoms with Gasteiger partial charge in [-0.25, -0.2) is 9.78 Å². The van der Waals surface area contributed by atoms with E-state index in [0.717, 1.165) is 29.6 Å². The second-order valence-electron chi connectivity index (χ2n) is 8.95. The average molecular weight is 508 g/mol. The summed E-state index contributed by atoms with van der Waals surface area (Å²) in [4.78, 5) is 32.3. The Bertz CT molecular complexity index is 1250. The highest BCUT2D eigenvalue weighted by molar-refractivity contribution is 6.31. The number of ether oxygens (including phenoxy) is 1. The van der Waals surface area contributed by atoms with Gasteiger partial charge in [0.25, 0.3) is 0 Å². The Morgan fingerprint density at radius 2 is 2.06 bits per heavy atom. The van der Waals surface area contributed by atoms with Crippen LogP contribution in [-0.4, -0.2) is 33.7 Å². The molecule has 0 spiro atoms. The molecule has 0 radical (unpaired) electrons. The molecule has 3 aromatic rings. The second kappa shape index (κ2) is 11.9. The quantitative estimate of drug-likeness (QED) is 0.341. The predicted molar refractivity (Wildman–Crippen MR) is 139 cm³/mol. The van der Waals surface area contributed by atoms with E-state index < -0.39 is 6.09 Å². The number of carbonyl (C=O) groups is 2. The number of hydrogen-bond donors (Lipinski definition) is 1. The zero-order valence-electron chi connectivity index (χ0n) is 20.3. The van der Waals surface area contributed by atoms with Gasteiger partial charge in [-0.3, -0.25) is 4.79 Å². The van der Waals surface area contributed by atoms with Crippen molar-refractivity contribution in [1.29, 1.82) is 5.26 Å². The molecule has 0 aliphatic heterocycles. The standard InChI is InChI=1S/C27H30ClN5O3/c1-2-20(30-27(35)36-22-11-12-22)17-26(34)33(21-8-4-3-5-9-21)18-25-31-23-16-19(28)10-13-24(23)32(25)15-7-6-14-29/h3-5,8-10,13,16,20,22H,2,6-7,11-12,15,17-18H2,1H3,(H,30,35)/t20-/m1/s1. The topological polar surface area (TPSA) is 100 Å². The summed E-state index contributed by atoms with van der Waals surface area (Å²) in [6.07, 6.45) is 3.14. The molecule has 188 valence electrons. The van der Waals surface area contributed by atoms with E-state index in [1.807, 2.05) is 49.4 Å². The Morgan fingerprint density at radius 3 is 2.75 bits per heavy atom. The van der Waals surface area contributed by atoms with Crippen LogP contribution >= 0.6 is 11.6 Å². The number of nitriles is 1. The van der Waals surface area contributed by atoms with Crippen molar-refractivity contribution in [3.05, 3.63) is 59.4 Å². The minimum absolute atomic E-state index is 0.00144. The van der Waals surface area contributed by atoms with Gasteiger partial charge in [0.05, 0.1) is 23.6 Å². The normalized spacial score (nSPS) is 13.7. The van der Waals surface area contributed by atoms with Gasteiger partial charge >= 0.3 is 6.09 Å². The lowest BCUT2D eigenvalue weighted by Gasteiger charge is -2.25. The molecule has 1 saturated carbocycles. The van der Waals surface area contributed by atoms with Crippen molar-refractivity contribution in [3.8, 4) is 6.07 Å². The number of nitrogens with zero attached hydrogens (tertiary/aromatic N) is 4. The van der Waals surface area contributed by atoms with Gasteiger partial charge in [-0.1, -0.05) is 36.7 Å². The highest BCUT2D eigenvalue weighted by Gasteiger charge is 2.28. The minimum atomic E-state index is -0.473. The summed E-state index contributed by atoms with van der Waals surface area (Å²) < 4.78 is 7.35. The Balaban J connectivity index is 1.59. The fourth-order valence-corrected chi connectivity index (χ4v) is 4.23. The van der Waals surface area contributed by atoms with Gasteiger partial charge in [-0.2, -0.15) is 5.26 Å². The third-order valence-corrected chi connectivity index (χ3v) is 6.40. The SMILES string of the molecule is CC[C@H](CC(=O)N(Cc1nc2cc(Cl)ccc2n1CCCC#N)c1ccccc1)NC(=O)OC1CC1. The Morgan fingerprint density at radius 1 is 1.28 bits per heavy atom. The minimum Gasteiger partial charge on any atom is -0.446 e. The molecule has 1 heterocycles. The molecule has 1 aromatic heterocycles. The summed E-state index contributed by atoms with van der Waals surface area (Å²) >= 11 is 6.21. The number of fused-ring (bicyclic) bond motifs is 1. The number of unbranched alkanes of at least 4 members (excludes halogenated alkanes) is 1. The molecule has 1 aliphatic rings. The maximum absolute atomic E-state index is 13.6. The van der Waals surface area contributed by atoms with E-state index >= 15 is 0 Å². The van der Waals surface area contributed by atoms with Crippen LogP contribution in [0.4, 0.5) is 10.5 Å². The first-order valence-electron chi connectivity index (χ1n) is 12.3. The number of rotatable bonds is 11. The largest absolute Gasteiger partial charge is 0.446 e. The molecule has 1 fully saturated rings. The molecule has 36 heavy (non-hydrogen) atoms. The van der Waals surface area contributed by atoms with Crippen molar-refractivity contribution in [3.63, 3.8) is 0 Å². The van der Waals surface area contributed by atoms with Crippen LogP contribution in [0.3, 0.4) is 0 Å². The lowest BCUT2D eigenvalue weighted by molar-refractivity contribution is -0.119. The van der Waals surface area contributed by atoms with Gasteiger partial charge in [0.15, 0.2) is 0 Å². The van der Waals surface area contributed by atoms with Crippen molar-refractivity contribution in [2.75, 3.05) is 4.90 Å². The Kier molecular flexibility index (Phi) is 8.44. The second-order valence-corrected chi connectivity index (χ2v) is 9.38. The van der Waals surface area contributed by atoms with E-state index in [9.17, 15) is 9.59 Å². The number of aryl methyl sites for hydroxylation is 1. The molecule has 1 aliphatic carbocycles. The van der Waals surface area contributed by atoms with Crippen molar-refractivity contribution in [2.24, 2.45) is 0 Å². The first-order valence-corrected chi connectivity index (χ1v) is 12.7. The summed E-state index contributed by atoms with van der Waals surface area (Å²) in [6, 6.07) is 16.8. The maximum Gasteiger partial charge on any atom is 0.407 e. The number of carbonyl (C=O) groups excluding carboxylic acids is 2. The summed E-state index contributed by atoms with van der Waals surface area (Å²) in [5, 5.41) is 12.4. The van der Waals surface area contributed by atoms with Gasteiger partial charge < -0.3 is 19.5 Å². The number of amides is 2. The lowest BCUT2D eigenvalue weighted by atomic mass is 10.1. The number of benzene rings is 2. The highest BCUT2D eigenvalue weighted by Crippen LogP contribution is 2.25. The fourth-order valence-electron chi connectivity index (χ4n) is 4.07. The Hall–Kier alpha value is -3.57. The summed E-state index contributed by atoms with van der Waals surface area (Å²) in [5.74, 6) is 0.574. The van der Waals surface area contributed by atoms with Crippen LogP contribution in [0.2, 0.25) is 5.02 Å². The number of imidazole rings is 1. The molecular weight excluding hydrogens is 478 g/mol. The van der Waals surface area contributed by atoms with Crippen LogP contribution in [0.1, 0.15) is 51.3 Å². The molecule has 0 unspecified atom stereocenters. The monoisotopic (exact) mass is 507 g/mol. The first-order chi connectivity index (χ1) is 17.5. The fraction of sp³-hybridized carbons (Fsp3) is 0.407. The van der Waals surface area contributed by atoms with Gasteiger partial charge in [0.1, 0.15) is 11.9 Å². The van der Waals surface area contributed by atoms with Crippen LogP contribution in [-0.2, 0) is 22.6 Å². The third kappa shape index (κ3) is 6.55. The number of nitrogens with one attached hydrogen (secondary N) is 1. The van der Waals surface area contributed by atoms with Crippen molar-refractivity contribution in [2.45, 2.75) is 70.7 Å². The molecule has 1 N–H and O–H groups in total. The van der Waals surface area contributed by atoms with Crippen molar-refractivity contribution in [1.82, 2.24) is 14.9 Å². The number of anilines is 1. The molecule has 4 rings (SSSR count). The molecule has 0 saturated heterocycles. The smallest absolute Gasteiger partial charge is 0.407 e. The van der Waals surface area contributed by atoms with Crippen LogP contribution in [0.5, 0.6) is 0 Å². The number of halogens is 1. The van der Waals surface area contributed by atoms with Crippen LogP contribution in [0.25, 0.3) is 11.0 Å². The highest BCUT2D eigenvalue weighted by atomic mass is 35.5. The summed E-state index contributed by atoms with van der Waals surface area (Å²) in [7, 11) is 0. The predicted octanol–water partition coefficient (Wildman–Crippen LogP) is 5.58. The number of hydrogen-bond acceptors (Lipinski definition) is 5. The van der Waals surface area contributed by atoms with E-state index in [1.54, 1.807) is 11.0 Å². The molecule has 2 amide bonds. The van der Waals surface area contributed by atoms with E-state index in [1.165, 1.54) is 0 Å². The number of alkyl carbamates (subject to hydrolysis) is 1. The van der Waals surface area contributed by atoms with E-state index in [2.05, 4.69) is 16.0 Å². The zero-order chi connectivity index (χ0) is 25.5. The third-order valence-electron chi connectivity index (χ3n) is 6.16. The van der Waals surface area contributed by atoms with Crippen molar-refractivity contribution < 1.29 is 14.3 Å². The summed E-state index contributed by atoms with van der Waals surface area (Å²) in [6.45, 7) is 2.77. The molecule has 2 aromatic carbocycles. The average Bonchev–Trinajstić information content (AvgIpc) is 3.62. The molecule has 9 heteroatoms. The van der Waals surface area contributed by atoms with E-state index in [4.69, 9.17) is 26.6 Å². The number of aromatic nitrogens is 2. The summed E-state index contributed by atoms with van der Waals surface area (Å²) in [5.41, 5.74) is 2.39. The maximum atomic E-state index is 13.6. The molecular formula is C27H30ClN5O3. The van der Waals surface area contributed by atoms with Gasteiger partial charge in [0, 0.05) is 36.1 Å². The lowest BCUT2D eigenvalue weighted by Crippen LogP contribution is -2.41. The van der Waals surface area contributed by atoms with Crippen LogP contribution in [0.15, 0.2) is 48.5 Å². The number of para-hydroxylation sites is 1. The molecule has 0 bridgehead atoms. The molecule has 8 nitrogen and oxygen atoms in total. The van der Waals surface area contributed by atoms with Gasteiger partial charge in [-0.15, -0.1) is 0 Å². The van der Waals surface area contributed by atoms with Gasteiger partial charge in [-0.05, 0) is 56.0 Å². The Labute approximate surface area is 215 Å². The molecule has 1 atom stereocenters. The zero-order valence-corrected chi connectivity index (χ0v) is 21.1. The van der Waals surface area contributed by atoms with Crippen LogP contribution < -0.4 is 10.2 Å². The first kappa shape index (κ1) is 25.5. The van der Waals surface area contributed by atoms with E-state index in [-0.39, 0.29) is 31.0 Å². The van der Waals surface area contributed by atoms with E-state index in [0.29, 0.717) is 36.7 Å². The van der Waals surface area contributed by atoms with Crippen LogP contribution in [0, 0.1) is 11.3 Å².